The Morgan fingerprint density at radius 1 is 1.00 bits per heavy atom. The zero-order valence-corrected chi connectivity index (χ0v) is 16.2. The van der Waals surface area contributed by atoms with Gasteiger partial charge in [0, 0.05) is 36.3 Å². The highest BCUT2D eigenvalue weighted by molar-refractivity contribution is 5.84. The summed E-state index contributed by atoms with van der Waals surface area (Å²) < 4.78 is 2.12. The normalized spacial score (nSPS) is 17.4. The lowest BCUT2D eigenvalue weighted by Crippen LogP contribution is -2.33. The van der Waals surface area contributed by atoms with Gasteiger partial charge in [0.05, 0.1) is 6.10 Å². The number of piperidine rings is 1. The monoisotopic (exact) mass is 362 g/mol. The van der Waals surface area contributed by atoms with Gasteiger partial charge in [-0.2, -0.15) is 0 Å². The van der Waals surface area contributed by atoms with Gasteiger partial charge < -0.3 is 9.67 Å². The van der Waals surface area contributed by atoms with Crippen LogP contribution < -0.4 is 0 Å². The molecule has 1 aliphatic rings. The van der Waals surface area contributed by atoms with E-state index in [1.54, 1.807) is 0 Å². The third-order valence-electron chi connectivity index (χ3n) is 6.09. The first-order valence-corrected chi connectivity index (χ1v) is 10.2. The van der Waals surface area contributed by atoms with Gasteiger partial charge in [-0.15, -0.1) is 0 Å². The summed E-state index contributed by atoms with van der Waals surface area (Å²) in [4.78, 5) is 2.56. The minimum Gasteiger partial charge on any atom is -0.388 e. The summed E-state index contributed by atoms with van der Waals surface area (Å²) in [5.74, 6) is 0.738. The summed E-state index contributed by atoms with van der Waals surface area (Å²) in [6, 6.07) is 19.1. The Kier molecular flexibility index (Phi) is 5.61. The van der Waals surface area contributed by atoms with Crippen molar-refractivity contribution in [1.82, 2.24) is 9.47 Å². The van der Waals surface area contributed by atoms with Crippen LogP contribution in [0.2, 0.25) is 0 Å². The number of aryl methyl sites for hydroxylation is 1. The van der Waals surface area contributed by atoms with Gasteiger partial charge in [0.2, 0.25) is 0 Å². The maximum absolute atomic E-state index is 10.8. The van der Waals surface area contributed by atoms with Crippen LogP contribution in [0.5, 0.6) is 0 Å². The number of rotatable bonds is 6. The fraction of sp³-hybridized carbons (Fsp3) is 0.417. The zero-order valence-electron chi connectivity index (χ0n) is 16.2. The second kappa shape index (κ2) is 8.28. The molecule has 2 heterocycles. The van der Waals surface area contributed by atoms with Crippen LogP contribution >= 0.6 is 0 Å². The van der Waals surface area contributed by atoms with Crippen molar-refractivity contribution >= 4 is 10.9 Å². The molecule has 3 heteroatoms. The number of aromatic nitrogens is 1. The van der Waals surface area contributed by atoms with Gasteiger partial charge in [-0.25, -0.2) is 0 Å². The van der Waals surface area contributed by atoms with Crippen molar-refractivity contribution in [3.63, 3.8) is 0 Å². The quantitative estimate of drug-likeness (QED) is 0.675. The highest BCUT2D eigenvalue weighted by atomic mass is 16.3. The largest absolute Gasteiger partial charge is 0.388 e. The van der Waals surface area contributed by atoms with E-state index in [2.05, 4.69) is 77.3 Å². The molecule has 0 radical (unpaired) electrons. The summed E-state index contributed by atoms with van der Waals surface area (Å²) in [6.45, 7) is 3.40. The molecule has 142 valence electrons. The number of hydrogen-bond acceptors (Lipinski definition) is 2. The molecule has 0 aliphatic carbocycles. The van der Waals surface area contributed by atoms with Crippen LogP contribution in [0.15, 0.2) is 60.8 Å². The van der Waals surface area contributed by atoms with E-state index in [0.717, 1.165) is 30.9 Å². The van der Waals surface area contributed by atoms with Crippen LogP contribution in [0.1, 0.15) is 42.9 Å². The van der Waals surface area contributed by atoms with Crippen LogP contribution in [0, 0.1) is 5.92 Å². The summed E-state index contributed by atoms with van der Waals surface area (Å²) >= 11 is 0. The highest BCUT2D eigenvalue weighted by Gasteiger charge is 2.21. The number of fused-ring (bicyclic) bond motifs is 1. The van der Waals surface area contributed by atoms with Crippen LogP contribution in [-0.2, 0) is 13.6 Å². The molecule has 1 fully saturated rings. The van der Waals surface area contributed by atoms with Crippen molar-refractivity contribution in [2.24, 2.45) is 13.0 Å². The number of likely N-dealkylation sites (tertiary alicyclic amines) is 1. The maximum Gasteiger partial charge on any atom is 0.0810 e. The second-order valence-electron chi connectivity index (χ2n) is 8.01. The van der Waals surface area contributed by atoms with Crippen molar-refractivity contribution in [1.29, 1.82) is 0 Å². The molecule has 1 unspecified atom stereocenters. The summed E-state index contributed by atoms with van der Waals surface area (Å²) in [6.07, 6.45) is 6.20. The third kappa shape index (κ3) is 4.26. The number of benzene rings is 2. The molecule has 0 amide bonds. The maximum atomic E-state index is 10.8. The van der Waals surface area contributed by atoms with Gasteiger partial charge in [-0.1, -0.05) is 48.5 Å². The molecular weight excluding hydrogens is 332 g/mol. The van der Waals surface area contributed by atoms with Crippen LogP contribution in [0.4, 0.5) is 0 Å². The average molecular weight is 363 g/mol. The number of para-hydroxylation sites is 1. The Labute approximate surface area is 162 Å². The molecule has 0 spiro atoms. The number of hydrogen-bond donors (Lipinski definition) is 1. The summed E-state index contributed by atoms with van der Waals surface area (Å²) in [5.41, 5.74) is 3.68. The van der Waals surface area contributed by atoms with Crippen molar-refractivity contribution in [2.45, 2.75) is 38.3 Å². The van der Waals surface area contributed by atoms with Gasteiger partial charge in [-0.05, 0) is 56.3 Å². The predicted molar refractivity (Wildman–Crippen MR) is 112 cm³/mol. The molecule has 1 atom stereocenters. The van der Waals surface area contributed by atoms with Crippen molar-refractivity contribution < 1.29 is 5.11 Å². The fourth-order valence-electron chi connectivity index (χ4n) is 4.46. The first-order valence-electron chi connectivity index (χ1n) is 10.2. The zero-order chi connectivity index (χ0) is 18.6. The number of aliphatic hydroxyl groups is 1. The predicted octanol–water partition coefficient (Wildman–Crippen LogP) is 4.90. The van der Waals surface area contributed by atoms with Gasteiger partial charge in [0.1, 0.15) is 0 Å². The van der Waals surface area contributed by atoms with Crippen molar-refractivity contribution in [3.8, 4) is 0 Å². The summed E-state index contributed by atoms with van der Waals surface area (Å²) in [7, 11) is 2.06. The first kappa shape index (κ1) is 18.3. The Morgan fingerprint density at radius 3 is 2.48 bits per heavy atom. The number of aliphatic hydroxyl groups excluding tert-OH is 1. The van der Waals surface area contributed by atoms with Gasteiger partial charge in [-0.3, -0.25) is 4.90 Å². The molecule has 1 aliphatic heterocycles. The Morgan fingerprint density at radius 2 is 1.70 bits per heavy atom. The van der Waals surface area contributed by atoms with Crippen LogP contribution in [0.25, 0.3) is 10.9 Å². The molecule has 3 aromatic rings. The molecule has 1 saturated heterocycles. The standard InChI is InChI=1S/C24H30N2O/c1-25-18-22(21-9-5-6-10-23(21)25)24(27)12-11-19-13-15-26(16-14-19)17-20-7-3-2-4-8-20/h2-10,18-19,24,27H,11-17H2,1H3. The summed E-state index contributed by atoms with van der Waals surface area (Å²) in [5, 5.41) is 12.0. The second-order valence-corrected chi connectivity index (χ2v) is 8.01. The molecular formula is C24H30N2O. The smallest absolute Gasteiger partial charge is 0.0810 e. The minimum atomic E-state index is -0.363. The lowest BCUT2D eigenvalue weighted by atomic mass is 9.89. The Balaban J connectivity index is 1.28. The molecule has 0 saturated carbocycles. The van der Waals surface area contributed by atoms with Gasteiger partial charge in [0.15, 0.2) is 0 Å². The lowest BCUT2D eigenvalue weighted by Gasteiger charge is -2.32. The number of nitrogens with zero attached hydrogens (tertiary/aromatic N) is 2. The van der Waals surface area contributed by atoms with E-state index < -0.39 is 0 Å². The van der Waals surface area contributed by atoms with Gasteiger partial charge >= 0.3 is 0 Å². The molecule has 3 nitrogen and oxygen atoms in total. The van der Waals surface area contributed by atoms with E-state index in [4.69, 9.17) is 0 Å². The molecule has 0 bridgehead atoms. The first-order chi connectivity index (χ1) is 13.2. The molecule has 1 N–H and O–H groups in total. The third-order valence-corrected chi connectivity index (χ3v) is 6.09. The van der Waals surface area contributed by atoms with Crippen LogP contribution in [0.3, 0.4) is 0 Å². The van der Waals surface area contributed by atoms with E-state index in [0.29, 0.717) is 0 Å². The van der Waals surface area contributed by atoms with E-state index in [1.165, 1.54) is 42.4 Å². The fourth-order valence-corrected chi connectivity index (χ4v) is 4.46. The topological polar surface area (TPSA) is 28.4 Å². The van der Waals surface area contributed by atoms with E-state index in [1.807, 2.05) is 0 Å². The van der Waals surface area contributed by atoms with E-state index in [-0.39, 0.29) is 6.10 Å². The SMILES string of the molecule is Cn1cc(C(O)CCC2CCN(Cc3ccccc3)CC2)c2ccccc21. The van der Waals surface area contributed by atoms with Gasteiger partial charge in [0.25, 0.3) is 0 Å². The van der Waals surface area contributed by atoms with E-state index >= 15 is 0 Å². The Bertz CT molecular complexity index is 862. The van der Waals surface area contributed by atoms with Crippen molar-refractivity contribution in [2.75, 3.05) is 13.1 Å². The minimum absolute atomic E-state index is 0.363. The molecule has 27 heavy (non-hydrogen) atoms. The van der Waals surface area contributed by atoms with Crippen LogP contribution in [-0.4, -0.2) is 27.7 Å². The average Bonchev–Trinajstić information content (AvgIpc) is 3.05. The van der Waals surface area contributed by atoms with Crippen molar-refractivity contribution in [3.05, 3.63) is 71.9 Å². The molecule has 1 aromatic heterocycles. The highest BCUT2D eigenvalue weighted by Crippen LogP contribution is 2.31. The Hall–Kier alpha value is -2.10. The molecule has 2 aromatic carbocycles. The molecule has 4 rings (SSSR count). The lowest BCUT2D eigenvalue weighted by molar-refractivity contribution is 0.132. The van der Waals surface area contributed by atoms with E-state index in [9.17, 15) is 5.11 Å².